The van der Waals surface area contributed by atoms with Crippen LogP contribution in [0.2, 0.25) is 5.02 Å². The molecule has 0 atom stereocenters. The molecule has 1 amide bonds. The number of hydrogen-bond acceptors (Lipinski definition) is 5. The first-order valence-corrected chi connectivity index (χ1v) is 8.95. The summed E-state index contributed by atoms with van der Waals surface area (Å²) in [6.45, 7) is 0.291. The number of carbonyl (C=O) groups is 1. The van der Waals surface area contributed by atoms with Gasteiger partial charge in [-0.25, -0.2) is 5.43 Å². The Kier molecular flexibility index (Phi) is 6.55. The maximum absolute atomic E-state index is 12.1. The Bertz CT molecular complexity index is 1050. The molecule has 146 valence electrons. The summed E-state index contributed by atoms with van der Waals surface area (Å²) in [6, 6.07) is 19.9. The zero-order valence-corrected chi connectivity index (χ0v) is 15.9. The van der Waals surface area contributed by atoms with Crippen LogP contribution in [0, 0.1) is 10.1 Å². The summed E-state index contributed by atoms with van der Waals surface area (Å²) in [5.74, 6) is 0.103. The number of halogens is 1. The predicted molar refractivity (Wildman–Crippen MR) is 110 cm³/mol. The summed E-state index contributed by atoms with van der Waals surface area (Å²) in [4.78, 5) is 22.2. The van der Waals surface area contributed by atoms with E-state index in [1.165, 1.54) is 30.5 Å². The second kappa shape index (κ2) is 9.48. The highest BCUT2D eigenvalue weighted by molar-refractivity contribution is 6.31. The van der Waals surface area contributed by atoms with E-state index in [2.05, 4.69) is 10.5 Å². The van der Waals surface area contributed by atoms with E-state index in [1.807, 2.05) is 30.3 Å². The molecule has 0 heterocycles. The van der Waals surface area contributed by atoms with Gasteiger partial charge in [0, 0.05) is 33.8 Å². The van der Waals surface area contributed by atoms with Gasteiger partial charge in [-0.15, -0.1) is 0 Å². The van der Waals surface area contributed by atoms with Crippen LogP contribution in [0.3, 0.4) is 0 Å². The number of nitro groups is 1. The molecule has 0 aliphatic carbocycles. The number of nitro benzene ring substituents is 1. The SMILES string of the molecule is O=C(N/N=C/c1ccccc1OCc1ccccc1Cl)c1ccc([N+](=O)[O-])cc1. The second-order valence-electron chi connectivity index (χ2n) is 5.92. The quantitative estimate of drug-likeness (QED) is 0.351. The number of carbonyl (C=O) groups excluding carboxylic acids is 1. The van der Waals surface area contributed by atoms with E-state index >= 15 is 0 Å². The third-order valence-corrected chi connectivity index (χ3v) is 4.34. The molecule has 3 aromatic rings. The summed E-state index contributed by atoms with van der Waals surface area (Å²) in [6.07, 6.45) is 1.46. The minimum absolute atomic E-state index is 0.0883. The summed E-state index contributed by atoms with van der Waals surface area (Å²) < 4.78 is 5.83. The number of hydrazone groups is 1. The number of para-hydroxylation sites is 1. The fourth-order valence-corrected chi connectivity index (χ4v) is 2.64. The molecule has 0 saturated heterocycles. The molecule has 3 aromatic carbocycles. The summed E-state index contributed by atoms with van der Waals surface area (Å²) in [5, 5.41) is 15.2. The third kappa shape index (κ3) is 5.40. The number of nitrogens with zero attached hydrogens (tertiary/aromatic N) is 2. The largest absolute Gasteiger partial charge is 0.488 e. The molecule has 7 nitrogen and oxygen atoms in total. The lowest BCUT2D eigenvalue weighted by molar-refractivity contribution is -0.384. The van der Waals surface area contributed by atoms with Gasteiger partial charge in [-0.1, -0.05) is 41.9 Å². The fourth-order valence-electron chi connectivity index (χ4n) is 2.45. The van der Waals surface area contributed by atoms with Crippen LogP contribution in [0.15, 0.2) is 77.9 Å². The molecule has 0 spiro atoms. The Morgan fingerprint density at radius 1 is 1.07 bits per heavy atom. The van der Waals surface area contributed by atoms with Gasteiger partial charge in [-0.05, 0) is 30.3 Å². The molecule has 0 radical (unpaired) electrons. The minimum Gasteiger partial charge on any atom is -0.488 e. The zero-order valence-electron chi connectivity index (χ0n) is 15.1. The maximum Gasteiger partial charge on any atom is 0.271 e. The Morgan fingerprint density at radius 3 is 2.48 bits per heavy atom. The molecule has 0 bridgehead atoms. The van der Waals surface area contributed by atoms with Gasteiger partial charge in [0.25, 0.3) is 11.6 Å². The van der Waals surface area contributed by atoms with Crippen molar-refractivity contribution in [1.82, 2.24) is 5.43 Å². The monoisotopic (exact) mass is 409 g/mol. The lowest BCUT2D eigenvalue weighted by atomic mass is 10.2. The Morgan fingerprint density at radius 2 is 1.76 bits per heavy atom. The number of rotatable bonds is 7. The van der Waals surface area contributed by atoms with Gasteiger partial charge in [0.1, 0.15) is 12.4 Å². The van der Waals surface area contributed by atoms with Crippen LogP contribution < -0.4 is 10.2 Å². The fraction of sp³-hybridized carbons (Fsp3) is 0.0476. The van der Waals surface area contributed by atoms with E-state index in [4.69, 9.17) is 16.3 Å². The van der Waals surface area contributed by atoms with Crippen molar-refractivity contribution in [3.63, 3.8) is 0 Å². The van der Waals surface area contributed by atoms with E-state index in [-0.39, 0.29) is 11.3 Å². The average Bonchev–Trinajstić information content (AvgIpc) is 2.74. The average molecular weight is 410 g/mol. The molecule has 1 N–H and O–H groups in total. The molecule has 8 heteroatoms. The van der Waals surface area contributed by atoms with Crippen molar-refractivity contribution in [2.24, 2.45) is 5.10 Å². The first-order valence-electron chi connectivity index (χ1n) is 8.57. The zero-order chi connectivity index (χ0) is 20.6. The van der Waals surface area contributed by atoms with Crippen LogP contribution in [0.5, 0.6) is 5.75 Å². The number of amides is 1. The van der Waals surface area contributed by atoms with Crippen LogP contribution >= 0.6 is 11.6 Å². The van der Waals surface area contributed by atoms with Gasteiger partial charge in [-0.2, -0.15) is 5.10 Å². The van der Waals surface area contributed by atoms with Crippen molar-refractivity contribution >= 4 is 29.4 Å². The molecule has 0 aliphatic heterocycles. The van der Waals surface area contributed by atoms with Gasteiger partial charge in [-0.3, -0.25) is 14.9 Å². The van der Waals surface area contributed by atoms with E-state index < -0.39 is 10.8 Å². The molecule has 0 aliphatic rings. The highest BCUT2D eigenvalue weighted by Gasteiger charge is 2.09. The van der Waals surface area contributed by atoms with Crippen molar-refractivity contribution in [3.8, 4) is 5.75 Å². The van der Waals surface area contributed by atoms with E-state index in [1.54, 1.807) is 18.2 Å². The van der Waals surface area contributed by atoms with Gasteiger partial charge in [0.05, 0.1) is 11.1 Å². The van der Waals surface area contributed by atoms with Crippen LogP contribution in [-0.4, -0.2) is 17.0 Å². The van der Waals surface area contributed by atoms with Crippen molar-refractivity contribution in [1.29, 1.82) is 0 Å². The molecule has 0 fully saturated rings. The van der Waals surface area contributed by atoms with Crippen molar-refractivity contribution in [2.45, 2.75) is 6.61 Å². The number of benzene rings is 3. The molecular weight excluding hydrogens is 394 g/mol. The number of ether oxygens (including phenoxy) is 1. The van der Waals surface area contributed by atoms with Crippen LogP contribution in [0.4, 0.5) is 5.69 Å². The smallest absolute Gasteiger partial charge is 0.271 e. The Balaban J connectivity index is 1.64. The second-order valence-corrected chi connectivity index (χ2v) is 6.33. The van der Waals surface area contributed by atoms with Gasteiger partial charge in [0.15, 0.2) is 0 Å². The molecule has 29 heavy (non-hydrogen) atoms. The van der Waals surface area contributed by atoms with Crippen LogP contribution in [0.1, 0.15) is 21.5 Å². The highest BCUT2D eigenvalue weighted by atomic mass is 35.5. The summed E-state index contributed by atoms with van der Waals surface area (Å²) in [5.41, 5.74) is 4.09. The van der Waals surface area contributed by atoms with Crippen molar-refractivity contribution < 1.29 is 14.5 Å². The highest BCUT2D eigenvalue weighted by Crippen LogP contribution is 2.21. The Labute approximate surface area is 171 Å². The number of hydrogen-bond donors (Lipinski definition) is 1. The lowest BCUT2D eigenvalue weighted by Gasteiger charge is -2.10. The van der Waals surface area contributed by atoms with Gasteiger partial charge >= 0.3 is 0 Å². The Hall–Kier alpha value is -3.71. The van der Waals surface area contributed by atoms with Gasteiger partial charge < -0.3 is 4.74 Å². The van der Waals surface area contributed by atoms with Crippen LogP contribution in [0.25, 0.3) is 0 Å². The molecule has 0 unspecified atom stereocenters. The summed E-state index contributed by atoms with van der Waals surface area (Å²) in [7, 11) is 0. The summed E-state index contributed by atoms with van der Waals surface area (Å²) >= 11 is 6.14. The first kappa shape index (κ1) is 20.0. The number of nitrogens with one attached hydrogen (secondary N) is 1. The topological polar surface area (TPSA) is 93.8 Å². The molecule has 0 aromatic heterocycles. The van der Waals surface area contributed by atoms with E-state index in [0.29, 0.717) is 22.9 Å². The standard InChI is InChI=1S/C21H16ClN3O4/c22-19-7-3-1-6-17(19)14-29-20-8-4-2-5-16(20)13-23-24-21(26)15-9-11-18(12-10-15)25(27)28/h1-13H,14H2,(H,24,26)/b23-13+. The minimum atomic E-state index is -0.528. The first-order chi connectivity index (χ1) is 14.0. The molecular formula is C21H16ClN3O4. The van der Waals surface area contributed by atoms with Crippen molar-refractivity contribution in [2.75, 3.05) is 0 Å². The predicted octanol–water partition coefficient (Wildman–Crippen LogP) is 4.59. The number of non-ortho nitro benzene ring substituents is 1. The molecule has 3 rings (SSSR count). The molecule has 0 saturated carbocycles. The lowest BCUT2D eigenvalue weighted by Crippen LogP contribution is -2.17. The van der Waals surface area contributed by atoms with Crippen molar-refractivity contribution in [3.05, 3.63) is 105 Å². The maximum atomic E-state index is 12.1. The normalized spacial score (nSPS) is 10.7. The van der Waals surface area contributed by atoms with Crippen LogP contribution in [-0.2, 0) is 6.61 Å². The van der Waals surface area contributed by atoms with E-state index in [0.717, 1.165) is 5.56 Å². The third-order valence-electron chi connectivity index (χ3n) is 3.97. The van der Waals surface area contributed by atoms with Gasteiger partial charge in [0.2, 0.25) is 0 Å². The van der Waals surface area contributed by atoms with E-state index in [9.17, 15) is 14.9 Å².